The molecule has 0 aliphatic rings. The average molecular weight is 200 g/mol. The lowest BCUT2D eigenvalue weighted by Gasteiger charge is -2.19. The van der Waals surface area contributed by atoms with E-state index >= 15 is 0 Å². The lowest BCUT2D eigenvalue weighted by Crippen LogP contribution is -2.42. The molecular weight excluding hydrogens is 184 g/mol. The molecule has 0 radical (unpaired) electrons. The molecule has 2 N–H and O–H groups in total. The number of hydrogen-bond donors (Lipinski definition) is 2. The van der Waals surface area contributed by atoms with Crippen molar-refractivity contribution in [2.45, 2.75) is 26.3 Å². The van der Waals surface area contributed by atoms with Gasteiger partial charge in [-0.05, 0) is 11.4 Å². The van der Waals surface area contributed by atoms with Crippen LogP contribution in [0.3, 0.4) is 0 Å². The molecule has 0 heterocycles. The molecule has 0 saturated carbocycles. The van der Waals surface area contributed by atoms with Gasteiger partial charge in [0.2, 0.25) is 0 Å². The molecule has 6 nitrogen and oxygen atoms in total. The van der Waals surface area contributed by atoms with Crippen LogP contribution in [0.25, 0.3) is 10.4 Å². The zero-order chi connectivity index (χ0) is 11.0. The maximum absolute atomic E-state index is 10.8. The Labute approximate surface area is 82.9 Å². The fourth-order valence-corrected chi connectivity index (χ4v) is 1.08. The van der Waals surface area contributed by atoms with Gasteiger partial charge in [-0.2, -0.15) is 0 Å². The van der Waals surface area contributed by atoms with E-state index in [9.17, 15) is 4.79 Å². The van der Waals surface area contributed by atoms with Gasteiger partial charge in [0.25, 0.3) is 0 Å². The molecular formula is C8H16N4O2. The van der Waals surface area contributed by atoms with Gasteiger partial charge in [-0.15, -0.1) is 0 Å². The van der Waals surface area contributed by atoms with Crippen molar-refractivity contribution in [3.63, 3.8) is 0 Å². The molecule has 0 rings (SSSR count). The first kappa shape index (κ1) is 12.7. The van der Waals surface area contributed by atoms with Crippen molar-refractivity contribution in [2.75, 3.05) is 13.1 Å². The van der Waals surface area contributed by atoms with Crippen molar-refractivity contribution in [1.82, 2.24) is 5.32 Å². The second-order valence-electron chi connectivity index (χ2n) is 3.11. The molecule has 6 heteroatoms. The molecule has 0 saturated heterocycles. The predicted molar refractivity (Wildman–Crippen MR) is 52.9 cm³/mol. The van der Waals surface area contributed by atoms with Crippen molar-refractivity contribution in [3.05, 3.63) is 10.4 Å². The molecule has 80 valence electrons. The van der Waals surface area contributed by atoms with Gasteiger partial charge in [0, 0.05) is 18.0 Å². The van der Waals surface area contributed by atoms with Crippen LogP contribution in [0.5, 0.6) is 0 Å². The van der Waals surface area contributed by atoms with E-state index in [2.05, 4.69) is 15.3 Å². The minimum Gasteiger partial charge on any atom is -0.480 e. The number of carboxylic acid groups (broad SMARTS) is 1. The molecule has 14 heavy (non-hydrogen) atoms. The molecule has 0 aromatic carbocycles. The summed E-state index contributed by atoms with van der Waals surface area (Å²) in [6.07, 6.45) is 0.797. The van der Waals surface area contributed by atoms with Gasteiger partial charge >= 0.3 is 5.97 Å². The van der Waals surface area contributed by atoms with Crippen molar-refractivity contribution < 1.29 is 9.90 Å². The van der Waals surface area contributed by atoms with E-state index in [0.29, 0.717) is 6.54 Å². The highest BCUT2D eigenvalue weighted by molar-refractivity contribution is 5.73. The summed E-state index contributed by atoms with van der Waals surface area (Å²) in [5.41, 5.74) is 8.01. The standard InChI is InChI=1S/C8H16N4O2/c1-3-6(2)7(8(13)14)10-4-5-11-12-9/h6-7,10H,3-5H2,1-2H3,(H,13,14). The largest absolute Gasteiger partial charge is 0.480 e. The molecule has 0 fully saturated rings. The summed E-state index contributed by atoms with van der Waals surface area (Å²) in [7, 11) is 0. The number of azide groups is 1. The number of nitrogens with one attached hydrogen (secondary N) is 1. The van der Waals surface area contributed by atoms with E-state index in [0.717, 1.165) is 6.42 Å². The summed E-state index contributed by atoms with van der Waals surface area (Å²) >= 11 is 0. The summed E-state index contributed by atoms with van der Waals surface area (Å²) in [6, 6.07) is -0.561. The minimum absolute atomic E-state index is 0.0681. The Bertz CT molecular complexity index is 225. The number of carbonyl (C=O) groups is 1. The first-order valence-electron chi connectivity index (χ1n) is 4.60. The molecule has 0 aromatic rings. The molecule has 2 atom stereocenters. The molecule has 0 spiro atoms. The van der Waals surface area contributed by atoms with Crippen LogP contribution in [0.15, 0.2) is 5.11 Å². The van der Waals surface area contributed by atoms with Gasteiger partial charge in [0.1, 0.15) is 6.04 Å². The van der Waals surface area contributed by atoms with Gasteiger partial charge in [0.15, 0.2) is 0 Å². The van der Waals surface area contributed by atoms with Crippen LogP contribution in [0.1, 0.15) is 20.3 Å². The van der Waals surface area contributed by atoms with E-state index in [-0.39, 0.29) is 12.5 Å². The van der Waals surface area contributed by atoms with E-state index in [1.807, 2.05) is 13.8 Å². The third-order valence-electron chi connectivity index (χ3n) is 2.12. The predicted octanol–water partition coefficient (Wildman–Crippen LogP) is 1.39. The Hall–Kier alpha value is -1.26. The summed E-state index contributed by atoms with van der Waals surface area (Å²) in [4.78, 5) is 13.4. The number of hydrogen-bond acceptors (Lipinski definition) is 3. The summed E-state index contributed by atoms with van der Waals surface area (Å²) in [6.45, 7) is 4.48. The average Bonchev–Trinajstić information content (AvgIpc) is 2.16. The van der Waals surface area contributed by atoms with Crippen LogP contribution in [0.4, 0.5) is 0 Å². The molecule has 2 unspecified atom stereocenters. The quantitative estimate of drug-likeness (QED) is 0.281. The summed E-state index contributed by atoms with van der Waals surface area (Å²) in [5, 5.41) is 15.0. The van der Waals surface area contributed by atoms with Gasteiger partial charge in [0.05, 0.1) is 0 Å². The number of carboxylic acids is 1. The highest BCUT2D eigenvalue weighted by atomic mass is 16.4. The zero-order valence-electron chi connectivity index (χ0n) is 8.47. The van der Waals surface area contributed by atoms with Crippen LogP contribution in [0, 0.1) is 5.92 Å². The number of aliphatic carboxylic acids is 1. The Morgan fingerprint density at radius 1 is 1.71 bits per heavy atom. The molecule has 0 aliphatic heterocycles. The number of nitrogens with zero attached hydrogens (tertiary/aromatic N) is 3. The van der Waals surface area contributed by atoms with E-state index in [1.165, 1.54) is 0 Å². The number of rotatable bonds is 7. The van der Waals surface area contributed by atoms with Crippen LogP contribution in [0.2, 0.25) is 0 Å². The van der Waals surface area contributed by atoms with Gasteiger partial charge < -0.3 is 10.4 Å². The minimum atomic E-state index is -0.861. The maximum Gasteiger partial charge on any atom is 0.320 e. The first-order valence-corrected chi connectivity index (χ1v) is 4.60. The second kappa shape index (κ2) is 7.17. The van der Waals surface area contributed by atoms with E-state index < -0.39 is 12.0 Å². The van der Waals surface area contributed by atoms with E-state index in [1.54, 1.807) is 0 Å². The van der Waals surface area contributed by atoms with Crippen LogP contribution in [-0.2, 0) is 4.79 Å². The van der Waals surface area contributed by atoms with Gasteiger partial charge in [-0.1, -0.05) is 25.4 Å². The molecule has 0 aromatic heterocycles. The lowest BCUT2D eigenvalue weighted by molar-refractivity contribution is -0.140. The van der Waals surface area contributed by atoms with E-state index in [4.69, 9.17) is 10.6 Å². The van der Waals surface area contributed by atoms with Gasteiger partial charge in [-0.25, -0.2) is 0 Å². The Morgan fingerprint density at radius 3 is 2.79 bits per heavy atom. The first-order chi connectivity index (χ1) is 6.63. The van der Waals surface area contributed by atoms with Crippen molar-refractivity contribution >= 4 is 5.97 Å². The fraction of sp³-hybridized carbons (Fsp3) is 0.875. The Morgan fingerprint density at radius 2 is 2.36 bits per heavy atom. The monoisotopic (exact) mass is 200 g/mol. The normalized spacial score (nSPS) is 14.1. The molecule has 0 bridgehead atoms. The van der Waals surface area contributed by atoms with Crippen molar-refractivity contribution in [1.29, 1.82) is 0 Å². The smallest absolute Gasteiger partial charge is 0.320 e. The highest BCUT2D eigenvalue weighted by Crippen LogP contribution is 2.07. The van der Waals surface area contributed by atoms with Crippen molar-refractivity contribution in [3.8, 4) is 0 Å². The van der Waals surface area contributed by atoms with Crippen LogP contribution >= 0.6 is 0 Å². The fourth-order valence-electron chi connectivity index (χ4n) is 1.08. The SMILES string of the molecule is CCC(C)C(NCCN=[N+]=[N-])C(=O)O. The van der Waals surface area contributed by atoms with Crippen molar-refractivity contribution in [2.24, 2.45) is 11.0 Å². The topological polar surface area (TPSA) is 98.1 Å². The Balaban J connectivity index is 3.97. The highest BCUT2D eigenvalue weighted by Gasteiger charge is 2.21. The van der Waals surface area contributed by atoms with Crippen LogP contribution < -0.4 is 5.32 Å². The van der Waals surface area contributed by atoms with Gasteiger partial charge in [-0.3, -0.25) is 4.79 Å². The van der Waals surface area contributed by atoms with Crippen LogP contribution in [-0.4, -0.2) is 30.2 Å². The summed E-state index contributed by atoms with van der Waals surface area (Å²) < 4.78 is 0. The summed E-state index contributed by atoms with van der Waals surface area (Å²) in [5.74, 6) is -0.793. The lowest BCUT2D eigenvalue weighted by atomic mass is 9.99. The Kier molecular flexibility index (Phi) is 6.53. The third kappa shape index (κ3) is 4.69. The molecule has 0 amide bonds. The zero-order valence-corrected chi connectivity index (χ0v) is 8.47. The molecule has 0 aliphatic carbocycles. The second-order valence-corrected chi connectivity index (χ2v) is 3.11. The maximum atomic E-state index is 10.8. The third-order valence-corrected chi connectivity index (χ3v) is 2.12.